The molecule has 96 valence electrons. The molecule has 0 fully saturated rings. The molecule has 0 bridgehead atoms. The first-order valence-electron chi connectivity index (χ1n) is 5.21. The minimum absolute atomic E-state index is 0.851. The van der Waals surface area contributed by atoms with E-state index in [4.69, 9.17) is 0 Å². The lowest BCUT2D eigenvalue weighted by atomic mass is 10.2. The molecular formula is C11H12BrN3S3. The quantitative estimate of drug-likeness (QED) is 0.817. The van der Waals surface area contributed by atoms with Gasteiger partial charge in [0, 0.05) is 15.9 Å². The van der Waals surface area contributed by atoms with Gasteiger partial charge >= 0.3 is 0 Å². The largest absolute Gasteiger partial charge is 0.316 e. The highest BCUT2D eigenvalue weighted by atomic mass is 79.9. The Bertz CT molecular complexity index is 530. The molecule has 1 aromatic carbocycles. The third kappa shape index (κ3) is 3.71. The van der Waals surface area contributed by atoms with Crippen molar-refractivity contribution in [1.29, 1.82) is 0 Å². The van der Waals surface area contributed by atoms with Crippen LogP contribution in [0.2, 0.25) is 0 Å². The Balaban J connectivity index is 2.23. The van der Waals surface area contributed by atoms with E-state index < -0.39 is 0 Å². The van der Waals surface area contributed by atoms with Crippen LogP contribution in [0.5, 0.6) is 0 Å². The van der Waals surface area contributed by atoms with Crippen molar-refractivity contribution in [2.45, 2.75) is 20.1 Å². The van der Waals surface area contributed by atoms with Gasteiger partial charge in [-0.3, -0.25) is 0 Å². The lowest BCUT2D eigenvalue weighted by Crippen LogP contribution is -2.05. The zero-order chi connectivity index (χ0) is 13.0. The second kappa shape index (κ2) is 6.91. The zero-order valence-corrected chi connectivity index (χ0v) is 14.0. The summed E-state index contributed by atoms with van der Waals surface area (Å²) in [6.45, 7) is 0.851. The SMILES string of the molecule is CNCc1ccc(Br)cc1Sc1nnc(SC)s1. The topological polar surface area (TPSA) is 37.8 Å². The number of aromatic nitrogens is 2. The van der Waals surface area contributed by atoms with Crippen LogP contribution in [-0.2, 0) is 6.54 Å². The van der Waals surface area contributed by atoms with E-state index in [1.54, 1.807) is 34.9 Å². The molecule has 7 heteroatoms. The Labute approximate surface area is 127 Å². The fourth-order valence-corrected chi connectivity index (χ4v) is 4.45. The lowest BCUT2D eigenvalue weighted by Gasteiger charge is -2.07. The van der Waals surface area contributed by atoms with Gasteiger partial charge in [0.25, 0.3) is 0 Å². The van der Waals surface area contributed by atoms with Crippen molar-refractivity contribution < 1.29 is 0 Å². The number of hydrogen-bond donors (Lipinski definition) is 1. The lowest BCUT2D eigenvalue weighted by molar-refractivity contribution is 0.802. The van der Waals surface area contributed by atoms with Gasteiger partial charge in [-0.05, 0) is 31.0 Å². The summed E-state index contributed by atoms with van der Waals surface area (Å²) < 4.78 is 3.07. The van der Waals surface area contributed by atoms with Gasteiger partial charge in [0.2, 0.25) is 0 Å². The fraction of sp³-hybridized carbons (Fsp3) is 0.273. The molecule has 0 saturated carbocycles. The van der Waals surface area contributed by atoms with E-state index in [2.05, 4.69) is 49.6 Å². The standard InChI is InChI=1S/C11H12BrN3S3/c1-13-6-7-3-4-8(12)5-9(7)17-11-15-14-10(16-2)18-11/h3-5,13H,6H2,1-2H3. The van der Waals surface area contributed by atoms with Gasteiger partial charge < -0.3 is 5.32 Å². The average molecular weight is 362 g/mol. The van der Waals surface area contributed by atoms with Gasteiger partial charge in [-0.2, -0.15) is 0 Å². The Morgan fingerprint density at radius 1 is 1.33 bits per heavy atom. The van der Waals surface area contributed by atoms with Crippen LogP contribution >= 0.6 is 50.8 Å². The Morgan fingerprint density at radius 2 is 2.11 bits per heavy atom. The first kappa shape index (κ1) is 14.3. The highest BCUT2D eigenvalue weighted by molar-refractivity contribution is 9.10. The van der Waals surface area contributed by atoms with Crippen LogP contribution in [0.1, 0.15) is 5.56 Å². The third-order valence-corrected chi connectivity index (χ3v) is 5.70. The Morgan fingerprint density at radius 3 is 2.78 bits per heavy atom. The number of nitrogens with one attached hydrogen (secondary N) is 1. The number of benzene rings is 1. The molecule has 2 aromatic rings. The summed E-state index contributed by atoms with van der Waals surface area (Å²) in [5, 5.41) is 11.5. The van der Waals surface area contributed by atoms with Gasteiger partial charge in [0.05, 0.1) is 0 Å². The molecule has 1 heterocycles. The van der Waals surface area contributed by atoms with E-state index in [1.165, 1.54) is 10.5 Å². The molecule has 0 atom stereocenters. The Hall–Kier alpha value is -0.0800. The van der Waals surface area contributed by atoms with E-state index in [-0.39, 0.29) is 0 Å². The molecule has 2 rings (SSSR count). The monoisotopic (exact) mass is 361 g/mol. The number of thioether (sulfide) groups is 1. The van der Waals surface area contributed by atoms with Gasteiger partial charge in [-0.15, -0.1) is 10.2 Å². The van der Waals surface area contributed by atoms with Gasteiger partial charge in [-0.25, -0.2) is 0 Å². The maximum absolute atomic E-state index is 4.19. The molecule has 0 aliphatic heterocycles. The summed E-state index contributed by atoms with van der Waals surface area (Å²) in [5.41, 5.74) is 1.27. The van der Waals surface area contributed by atoms with Gasteiger partial charge in [-0.1, -0.05) is 56.9 Å². The smallest absolute Gasteiger partial charge is 0.179 e. The van der Waals surface area contributed by atoms with Crippen molar-refractivity contribution in [3.8, 4) is 0 Å². The maximum atomic E-state index is 4.19. The molecule has 18 heavy (non-hydrogen) atoms. The maximum Gasteiger partial charge on any atom is 0.179 e. The molecule has 0 radical (unpaired) electrons. The summed E-state index contributed by atoms with van der Waals surface area (Å²) in [6.07, 6.45) is 2.01. The number of rotatable bonds is 5. The van der Waals surface area contributed by atoms with E-state index in [0.29, 0.717) is 0 Å². The highest BCUT2D eigenvalue weighted by Crippen LogP contribution is 2.35. The first-order valence-corrected chi connectivity index (χ1v) is 8.86. The predicted octanol–water partition coefficient (Wildman–Crippen LogP) is 3.89. The summed E-state index contributed by atoms with van der Waals surface area (Å²) >= 11 is 8.43. The fourth-order valence-electron chi connectivity index (χ4n) is 1.37. The molecule has 0 saturated heterocycles. The summed E-state index contributed by atoms with van der Waals surface area (Å²) in [5.74, 6) is 0. The van der Waals surface area contributed by atoms with Crippen molar-refractivity contribution in [3.63, 3.8) is 0 Å². The predicted molar refractivity (Wildman–Crippen MR) is 82.7 cm³/mol. The minimum atomic E-state index is 0.851. The van der Waals surface area contributed by atoms with E-state index >= 15 is 0 Å². The van der Waals surface area contributed by atoms with Crippen LogP contribution in [-0.4, -0.2) is 23.5 Å². The number of hydrogen-bond acceptors (Lipinski definition) is 6. The number of nitrogens with zero attached hydrogens (tertiary/aromatic N) is 2. The molecule has 0 aliphatic carbocycles. The second-order valence-corrected chi connectivity index (χ2v) is 7.66. The third-order valence-electron chi connectivity index (χ3n) is 2.16. The minimum Gasteiger partial charge on any atom is -0.316 e. The molecular weight excluding hydrogens is 350 g/mol. The molecule has 0 spiro atoms. The van der Waals surface area contributed by atoms with Crippen molar-refractivity contribution >= 4 is 50.8 Å². The van der Waals surface area contributed by atoms with Crippen LogP contribution in [0.3, 0.4) is 0 Å². The van der Waals surface area contributed by atoms with Crippen LogP contribution in [0.25, 0.3) is 0 Å². The molecule has 1 N–H and O–H groups in total. The van der Waals surface area contributed by atoms with E-state index in [9.17, 15) is 0 Å². The normalized spacial score (nSPS) is 10.8. The highest BCUT2D eigenvalue weighted by Gasteiger charge is 2.09. The van der Waals surface area contributed by atoms with Crippen molar-refractivity contribution in [2.24, 2.45) is 0 Å². The zero-order valence-electron chi connectivity index (χ0n) is 9.94. The van der Waals surface area contributed by atoms with Crippen LogP contribution < -0.4 is 5.32 Å². The van der Waals surface area contributed by atoms with Crippen molar-refractivity contribution in [1.82, 2.24) is 15.5 Å². The van der Waals surface area contributed by atoms with Gasteiger partial charge in [0.15, 0.2) is 8.68 Å². The second-order valence-electron chi connectivity index (χ2n) is 3.42. The molecule has 1 aromatic heterocycles. The molecule has 0 amide bonds. The van der Waals surface area contributed by atoms with Crippen LogP contribution in [0, 0.1) is 0 Å². The first-order chi connectivity index (χ1) is 8.72. The van der Waals surface area contributed by atoms with Crippen LogP contribution in [0.4, 0.5) is 0 Å². The van der Waals surface area contributed by atoms with E-state index in [0.717, 1.165) is 19.7 Å². The Kier molecular flexibility index (Phi) is 5.50. The van der Waals surface area contributed by atoms with Crippen molar-refractivity contribution in [2.75, 3.05) is 13.3 Å². The van der Waals surface area contributed by atoms with Gasteiger partial charge in [0.1, 0.15) is 0 Å². The average Bonchev–Trinajstić information content (AvgIpc) is 2.80. The number of halogens is 1. The summed E-state index contributed by atoms with van der Waals surface area (Å²) in [4.78, 5) is 1.21. The van der Waals surface area contributed by atoms with E-state index in [1.807, 2.05) is 13.3 Å². The van der Waals surface area contributed by atoms with Crippen molar-refractivity contribution in [3.05, 3.63) is 28.2 Å². The molecule has 0 unspecified atom stereocenters. The summed E-state index contributed by atoms with van der Waals surface area (Å²) in [7, 11) is 1.95. The van der Waals surface area contributed by atoms with Crippen LogP contribution in [0.15, 0.2) is 36.2 Å². The molecule has 3 nitrogen and oxygen atoms in total. The summed E-state index contributed by atoms with van der Waals surface area (Å²) in [6, 6.07) is 6.31. The molecule has 0 aliphatic rings.